The third-order valence-corrected chi connectivity index (χ3v) is 6.18. The van der Waals surface area contributed by atoms with Crippen LogP contribution in [-0.4, -0.2) is 55.1 Å². The van der Waals surface area contributed by atoms with Gasteiger partial charge in [-0.15, -0.1) is 0 Å². The molecule has 0 atom stereocenters. The first-order valence-electron chi connectivity index (χ1n) is 10.4. The summed E-state index contributed by atoms with van der Waals surface area (Å²) in [5, 5.41) is 0. The number of likely N-dealkylation sites (tertiary alicyclic amines) is 1. The van der Waals surface area contributed by atoms with Gasteiger partial charge < -0.3 is 14.7 Å². The van der Waals surface area contributed by atoms with Crippen molar-refractivity contribution in [3.63, 3.8) is 0 Å². The van der Waals surface area contributed by atoms with E-state index in [0.29, 0.717) is 0 Å². The predicted octanol–water partition coefficient (Wildman–Crippen LogP) is 3.65. The second-order valence-electron chi connectivity index (χ2n) is 7.98. The first kappa shape index (κ1) is 18.8. The van der Waals surface area contributed by atoms with Crippen molar-refractivity contribution in [3.05, 3.63) is 53.3 Å². The molecule has 28 heavy (non-hydrogen) atoms. The van der Waals surface area contributed by atoms with Crippen LogP contribution in [0.15, 0.2) is 36.7 Å². The minimum atomic E-state index is 0.128. The van der Waals surface area contributed by atoms with Crippen LogP contribution in [0.3, 0.4) is 0 Å². The van der Waals surface area contributed by atoms with Gasteiger partial charge in [-0.3, -0.25) is 9.78 Å². The van der Waals surface area contributed by atoms with Gasteiger partial charge in [-0.25, -0.2) is 0 Å². The topological polar surface area (TPSA) is 39.7 Å². The summed E-state index contributed by atoms with van der Waals surface area (Å²) >= 11 is 0. The maximum atomic E-state index is 12.8. The SMILES string of the molecule is Cc1cccc(N2CCN(c3cncc(C(=O)N4CCCCC4)c3)CC2)c1C. The largest absolute Gasteiger partial charge is 0.368 e. The molecule has 0 saturated carbocycles. The molecule has 2 aliphatic rings. The number of pyridine rings is 1. The Labute approximate surface area is 168 Å². The number of aromatic nitrogens is 1. The van der Waals surface area contributed by atoms with Crippen molar-refractivity contribution in [1.82, 2.24) is 9.88 Å². The van der Waals surface area contributed by atoms with Gasteiger partial charge in [0.25, 0.3) is 5.91 Å². The molecule has 1 amide bonds. The van der Waals surface area contributed by atoms with Crippen molar-refractivity contribution < 1.29 is 4.79 Å². The molecule has 2 aliphatic heterocycles. The number of piperidine rings is 1. The first-order chi connectivity index (χ1) is 13.6. The zero-order valence-electron chi connectivity index (χ0n) is 17.0. The minimum Gasteiger partial charge on any atom is -0.368 e. The average Bonchev–Trinajstić information content (AvgIpc) is 2.76. The van der Waals surface area contributed by atoms with E-state index < -0.39 is 0 Å². The lowest BCUT2D eigenvalue weighted by Crippen LogP contribution is -2.47. The van der Waals surface area contributed by atoms with Crippen LogP contribution >= 0.6 is 0 Å². The van der Waals surface area contributed by atoms with Crippen molar-refractivity contribution in [2.45, 2.75) is 33.1 Å². The summed E-state index contributed by atoms with van der Waals surface area (Å²) in [5.74, 6) is 0.128. The second kappa shape index (κ2) is 8.21. The molecule has 2 aromatic rings. The van der Waals surface area contributed by atoms with Crippen LogP contribution in [0.5, 0.6) is 0 Å². The summed E-state index contributed by atoms with van der Waals surface area (Å²) in [6.45, 7) is 9.97. The molecule has 0 unspecified atom stereocenters. The van der Waals surface area contributed by atoms with Gasteiger partial charge in [0.05, 0.1) is 17.4 Å². The molecule has 3 heterocycles. The van der Waals surface area contributed by atoms with Crippen molar-refractivity contribution in [1.29, 1.82) is 0 Å². The van der Waals surface area contributed by atoms with Gasteiger partial charge in [0.2, 0.25) is 0 Å². The Morgan fingerprint density at radius 1 is 0.893 bits per heavy atom. The Balaban J connectivity index is 1.43. The van der Waals surface area contributed by atoms with Gasteiger partial charge in [-0.05, 0) is 56.4 Å². The van der Waals surface area contributed by atoms with E-state index in [1.165, 1.54) is 23.2 Å². The summed E-state index contributed by atoms with van der Waals surface area (Å²) < 4.78 is 0. The number of anilines is 2. The summed E-state index contributed by atoms with van der Waals surface area (Å²) in [7, 11) is 0. The molecule has 0 aliphatic carbocycles. The number of aryl methyl sites for hydroxylation is 1. The van der Waals surface area contributed by atoms with Crippen LogP contribution in [0.25, 0.3) is 0 Å². The second-order valence-corrected chi connectivity index (χ2v) is 7.98. The van der Waals surface area contributed by atoms with E-state index in [9.17, 15) is 4.79 Å². The Bertz CT molecular complexity index is 836. The van der Waals surface area contributed by atoms with E-state index >= 15 is 0 Å². The molecular formula is C23H30N4O. The van der Waals surface area contributed by atoms with E-state index in [0.717, 1.165) is 63.4 Å². The van der Waals surface area contributed by atoms with Crippen molar-refractivity contribution >= 4 is 17.3 Å². The molecule has 0 spiro atoms. The molecule has 4 rings (SSSR count). The highest BCUT2D eigenvalue weighted by Crippen LogP contribution is 2.26. The number of carbonyl (C=O) groups excluding carboxylic acids is 1. The predicted molar refractivity (Wildman–Crippen MR) is 114 cm³/mol. The Kier molecular flexibility index (Phi) is 5.51. The van der Waals surface area contributed by atoms with Gasteiger partial charge in [0.15, 0.2) is 0 Å². The number of benzene rings is 1. The monoisotopic (exact) mass is 378 g/mol. The number of carbonyl (C=O) groups is 1. The molecular weight excluding hydrogens is 348 g/mol. The van der Waals surface area contributed by atoms with Gasteiger partial charge in [-0.1, -0.05) is 12.1 Å². The van der Waals surface area contributed by atoms with Gasteiger partial charge in [-0.2, -0.15) is 0 Å². The molecule has 0 radical (unpaired) electrons. The zero-order valence-corrected chi connectivity index (χ0v) is 17.0. The van der Waals surface area contributed by atoms with Crippen LogP contribution < -0.4 is 9.80 Å². The fourth-order valence-corrected chi connectivity index (χ4v) is 4.28. The number of hydrogen-bond acceptors (Lipinski definition) is 4. The molecule has 5 heteroatoms. The third kappa shape index (κ3) is 3.84. The van der Waals surface area contributed by atoms with Gasteiger partial charge >= 0.3 is 0 Å². The molecule has 1 aromatic carbocycles. The van der Waals surface area contributed by atoms with Crippen molar-refractivity contribution in [2.75, 3.05) is 49.1 Å². The fraction of sp³-hybridized carbons (Fsp3) is 0.478. The molecule has 2 fully saturated rings. The normalized spacial score (nSPS) is 17.7. The number of rotatable bonds is 3. The molecule has 5 nitrogen and oxygen atoms in total. The Morgan fingerprint density at radius 3 is 2.36 bits per heavy atom. The standard InChI is InChI=1S/C23H30N4O/c1-18-7-6-8-22(19(18)2)26-13-11-25(12-14-26)21-15-20(16-24-17-21)23(28)27-9-4-3-5-10-27/h6-8,15-17H,3-5,9-14H2,1-2H3. The lowest BCUT2D eigenvalue weighted by Gasteiger charge is -2.38. The number of hydrogen-bond donors (Lipinski definition) is 0. The average molecular weight is 379 g/mol. The zero-order chi connectivity index (χ0) is 19.5. The third-order valence-electron chi connectivity index (χ3n) is 6.18. The lowest BCUT2D eigenvalue weighted by atomic mass is 10.1. The smallest absolute Gasteiger partial charge is 0.255 e. The molecule has 1 aromatic heterocycles. The summed E-state index contributed by atoms with van der Waals surface area (Å²) in [6.07, 6.45) is 7.05. The molecule has 148 valence electrons. The fourth-order valence-electron chi connectivity index (χ4n) is 4.28. The molecule has 2 saturated heterocycles. The van der Waals surface area contributed by atoms with Crippen LogP contribution in [0.1, 0.15) is 40.7 Å². The van der Waals surface area contributed by atoms with Gasteiger partial charge in [0.1, 0.15) is 0 Å². The molecule has 0 bridgehead atoms. The van der Waals surface area contributed by atoms with E-state index in [2.05, 4.69) is 46.8 Å². The highest BCUT2D eigenvalue weighted by Gasteiger charge is 2.22. The van der Waals surface area contributed by atoms with Crippen LogP contribution in [0.4, 0.5) is 11.4 Å². The summed E-state index contributed by atoms with van der Waals surface area (Å²) in [5.41, 5.74) is 5.83. The van der Waals surface area contributed by atoms with E-state index in [4.69, 9.17) is 0 Å². The van der Waals surface area contributed by atoms with Crippen molar-refractivity contribution in [2.24, 2.45) is 0 Å². The minimum absolute atomic E-state index is 0.128. The maximum absolute atomic E-state index is 12.8. The first-order valence-corrected chi connectivity index (χ1v) is 10.4. The maximum Gasteiger partial charge on any atom is 0.255 e. The Morgan fingerprint density at radius 2 is 1.61 bits per heavy atom. The van der Waals surface area contributed by atoms with Gasteiger partial charge in [0, 0.05) is 51.2 Å². The highest BCUT2D eigenvalue weighted by atomic mass is 16.2. The van der Waals surface area contributed by atoms with E-state index in [-0.39, 0.29) is 5.91 Å². The van der Waals surface area contributed by atoms with E-state index in [1.54, 1.807) is 6.20 Å². The summed E-state index contributed by atoms with van der Waals surface area (Å²) in [4.78, 5) is 24.0. The molecule has 0 N–H and O–H groups in total. The van der Waals surface area contributed by atoms with E-state index in [1.807, 2.05) is 17.2 Å². The van der Waals surface area contributed by atoms with Crippen LogP contribution in [-0.2, 0) is 0 Å². The quantitative estimate of drug-likeness (QED) is 0.817. The van der Waals surface area contributed by atoms with Crippen LogP contribution in [0, 0.1) is 13.8 Å². The number of amides is 1. The Hall–Kier alpha value is -2.56. The number of piperazine rings is 1. The summed E-state index contributed by atoms with van der Waals surface area (Å²) in [6, 6.07) is 8.56. The van der Waals surface area contributed by atoms with Crippen molar-refractivity contribution in [3.8, 4) is 0 Å². The number of nitrogens with zero attached hydrogens (tertiary/aromatic N) is 4. The highest BCUT2D eigenvalue weighted by molar-refractivity contribution is 5.94. The van der Waals surface area contributed by atoms with Crippen LogP contribution in [0.2, 0.25) is 0 Å². The lowest BCUT2D eigenvalue weighted by molar-refractivity contribution is 0.0724.